The van der Waals surface area contributed by atoms with Crippen LogP contribution in [0.3, 0.4) is 0 Å². The summed E-state index contributed by atoms with van der Waals surface area (Å²) in [5.74, 6) is 0. The molecule has 144 valence electrons. The van der Waals surface area contributed by atoms with Gasteiger partial charge in [-0.15, -0.1) is 0 Å². The molecule has 25 heavy (non-hydrogen) atoms. The van der Waals surface area contributed by atoms with E-state index in [0.717, 1.165) is 0 Å². The van der Waals surface area contributed by atoms with Gasteiger partial charge in [-0.25, -0.2) is 0 Å². The maximum Gasteiger partial charge on any atom is 1.00 e. The van der Waals surface area contributed by atoms with Crippen LogP contribution in [-0.2, 0) is 27.3 Å². The fourth-order valence-electron chi connectivity index (χ4n) is 1.98. The van der Waals surface area contributed by atoms with Gasteiger partial charge in [-0.1, -0.05) is 0 Å². The number of rotatable bonds is 6. The Bertz CT molecular complexity index is 580. The van der Waals surface area contributed by atoms with E-state index in [1.165, 1.54) is 0 Å². The van der Waals surface area contributed by atoms with Gasteiger partial charge in [0.25, 0.3) is 0 Å². The average Bonchev–Trinajstić information content (AvgIpc) is 2.32. The van der Waals surface area contributed by atoms with Crippen molar-refractivity contribution in [2.24, 2.45) is 0 Å². The summed E-state index contributed by atoms with van der Waals surface area (Å²) in [5, 5.41) is 28.9. The van der Waals surface area contributed by atoms with Gasteiger partial charge < -0.3 is 71.9 Å². The van der Waals surface area contributed by atoms with E-state index in [-0.39, 0.29) is 29.6 Å². The number of phosphoric ester groups is 3. The van der Waals surface area contributed by atoms with Crippen LogP contribution in [0.1, 0.15) is 0 Å². The van der Waals surface area contributed by atoms with Gasteiger partial charge in [0.15, 0.2) is 0 Å². The van der Waals surface area contributed by atoms with Crippen molar-refractivity contribution in [3.05, 3.63) is 0 Å². The zero-order valence-electron chi connectivity index (χ0n) is 12.0. The molecule has 0 saturated heterocycles. The van der Waals surface area contributed by atoms with Crippen molar-refractivity contribution in [1.82, 2.24) is 0 Å². The third-order valence-corrected chi connectivity index (χ3v) is 4.28. The van der Waals surface area contributed by atoms with Crippen molar-refractivity contribution in [3.8, 4) is 0 Å². The minimum Gasteiger partial charge on any atom is -0.790 e. The van der Waals surface area contributed by atoms with E-state index in [2.05, 4.69) is 13.6 Å². The molecule has 15 nitrogen and oxygen atoms in total. The number of phosphoric acid groups is 3. The predicted octanol–water partition coefficient (Wildman–Crippen LogP) is -10.3. The Hall–Kier alpha value is 1.21. The summed E-state index contributed by atoms with van der Waals surface area (Å²) >= 11 is 0. The molecule has 0 aliphatic heterocycles. The van der Waals surface area contributed by atoms with Gasteiger partial charge in [-0.3, -0.25) is 0 Å². The fraction of sp³-hybridized carbons (Fsp3) is 1.00. The third kappa shape index (κ3) is 8.40. The van der Waals surface area contributed by atoms with Gasteiger partial charge in [0.2, 0.25) is 0 Å². The molecule has 0 aromatic heterocycles. The molecule has 0 spiro atoms. The molecule has 1 saturated carbocycles. The van der Waals surface area contributed by atoms with Crippen molar-refractivity contribution in [2.75, 3.05) is 0 Å². The summed E-state index contributed by atoms with van der Waals surface area (Å²) in [6.07, 6.45) is -15.7. The molecule has 6 atom stereocenters. The summed E-state index contributed by atoms with van der Waals surface area (Å²) < 4.78 is 43.0. The molecule has 6 unspecified atom stereocenters. The first-order valence-electron chi connectivity index (χ1n) is 5.67. The molecule has 1 aliphatic carbocycles. The SMILES string of the molecule is O=P([O-])([O-])OC1C(O)C(O)C(OP(=O)([O-])[O-])C(OP(=O)([O-])[O-])C1O.[Na+]. The first kappa shape index (κ1) is 26.2. The van der Waals surface area contributed by atoms with Crippen LogP contribution in [0.5, 0.6) is 0 Å². The Kier molecular flexibility index (Phi) is 9.58. The maximum absolute atomic E-state index is 10.6. The molecule has 0 radical (unpaired) electrons. The second-order valence-corrected chi connectivity index (χ2v) is 7.84. The standard InChI is InChI=1S/C6H15O15P3.Na/c7-1-2(8)5(20-23(13,14)15)6(21-24(16,17)18)3(9)4(1)19-22(10,11)12;/h1-9H,(H2,10,11,12)(H2,13,14,15)(H2,16,17,18);/q;+1/p-6. The van der Waals surface area contributed by atoms with Gasteiger partial charge in [0, 0.05) is 0 Å². The molecular formula is C6H9NaO15P3-5. The van der Waals surface area contributed by atoms with E-state index in [1.807, 2.05) is 0 Å². The number of aliphatic hydroxyl groups excluding tert-OH is 3. The Labute approximate surface area is 161 Å². The smallest absolute Gasteiger partial charge is 0.790 e. The molecule has 0 amide bonds. The van der Waals surface area contributed by atoms with Crippen molar-refractivity contribution in [2.45, 2.75) is 36.6 Å². The van der Waals surface area contributed by atoms with Crippen molar-refractivity contribution < 1.29 is 102 Å². The van der Waals surface area contributed by atoms with Crippen LogP contribution < -0.4 is 58.9 Å². The molecule has 19 heteroatoms. The minimum absolute atomic E-state index is 0. The van der Waals surface area contributed by atoms with Gasteiger partial charge >= 0.3 is 29.6 Å². The molecule has 1 rings (SSSR count). The van der Waals surface area contributed by atoms with E-state index >= 15 is 0 Å². The Morgan fingerprint density at radius 1 is 0.560 bits per heavy atom. The van der Waals surface area contributed by atoms with Crippen molar-refractivity contribution >= 4 is 23.5 Å². The van der Waals surface area contributed by atoms with Crippen LogP contribution in [0.4, 0.5) is 0 Å². The van der Waals surface area contributed by atoms with E-state index in [4.69, 9.17) is 0 Å². The largest absolute Gasteiger partial charge is 1.00 e. The molecule has 0 aromatic carbocycles. The topological polar surface area (TPSA) is 278 Å². The second kappa shape index (κ2) is 9.14. The van der Waals surface area contributed by atoms with Crippen molar-refractivity contribution in [1.29, 1.82) is 0 Å². The number of hydrogen-bond donors (Lipinski definition) is 3. The second-order valence-electron chi connectivity index (χ2n) is 4.52. The molecule has 0 aromatic rings. The van der Waals surface area contributed by atoms with E-state index in [1.54, 1.807) is 0 Å². The Morgan fingerprint density at radius 2 is 0.800 bits per heavy atom. The summed E-state index contributed by atoms with van der Waals surface area (Å²) in [5.41, 5.74) is 0. The maximum atomic E-state index is 10.6. The summed E-state index contributed by atoms with van der Waals surface area (Å²) in [4.78, 5) is 63.6. The van der Waals surface area contributed by atoms with Crippen LogP contribution in [0.15, 0.2) is 0 Å². The quantitative estimate of drug-likeness (QED) is 0.257. The summed E-state index contributed by atoms with van der Waals surface area (Å²) in [6, 6.07) is 0. The van der Waals surface area contributed by atoms with Gasteiger partial charge in [-0.2, -0.15) is 0 Å². The minimum atomic E-state index is -6.01. The Balaban J connectivity index is 0.00000576. The molecule has 1 aliphatic rings. The summed E-state index contributed by atoms with van der Waals surface area (Å²) in [7, 11) is -17.9. The third-order valence-electron chi connectivity index (χ3n) is 2.77. The van der Waals surface area contributed by atoms with Crippen LogP contribution >= 0.6 is 23.5 Å². The molecule has 0 bridgehead atoms. The monoisotopic (exact) mass is 437 g/mol. The molecular weight excluding hydrogens is 428 g/mol. The van der Waals surface area contributed by atoms with Gasteiger partial charge in [0.05, 0.1) is 23.5 Å². The fourth-order valence-corrected chi connectivity index (χ4v) is 3.62. The number of hydrogen-bond acceptors (Lipinski definition) is 15. The first-order valence-corrected chi connectivity index (χ1v) is 10.1. The zero-order chi connectivity index (χ0) is 19.1. The van der Waals surface area contributed by atoms with Crippen LogP contribution in [0, 0.1) is 0 Å². The molecule has 1 fully saturated rings. The Morgan fingerprint density at radius 3 is 1.12 bits per heavy atom. The first-order chi connectivity index (χ1) is 10.5. The van der Waals surface area contributed by atoms with Crippen LogP contribution in [0.25, 0.3) is 0 Å². The average molecular weight is 437 g/mol. The van der Waals surface area contributed by atoms with E-state index < -0.39 is 60.1 Å². The molecule has 0 heterocycles. The predicted molar refractivity (Wildman–Crippen MR) is 55.5 cm³/mol. The number of aliphatic hydroxyl groups is 3. The zero-order valence-corrected chi connectivity index (χ0v) is 16.7. The van der Waals surface area contributed by atoms with Crippen molar-refractivity contribution in [3.63, 3.8) is 0 Å². The normalized spacial score (nSPS) is 34.4. The van der Waals surface area contributed by atoms with Crippen LogP contribution in [0.2, 0.25) is 0 Å². The van der Waals surface area contributed by atoms with Gasteiger partial charge in [-0.05, 0) is 0 Å². The van der Waals surface area contributed by atoms with E-state index in [9.17, 15) is 58.4 Å². The molecule has 3 N–H and O–H groups in total. The van der Waals surface area contributed by atoms with Gasteiger partial charge in [0.1, 0.15) is 36.6 Å². The van der Waals surface area contributed by atoms with E-state index in [0.29, 0.717) is 0 Å². The van der Waals surface area contributed by atoms with Crippen LogP contribution in [-0.4, -0.2) is 51.9 Å². The summed E-state index contributed by atoms with van der Waals surface area (Å²) in [6.45, 7) is 0.